The lowest BCUT2D eigenvalue weighted by atomic mass is 9.92. The highest BCUT2D eigenvalue weighted by molar-refractivity contribution is 5.81. The number of rotatable bonds is 4. The van der Waals surface area contributed by atoms with E-state index in [2.05, 4.69) is 45.0 Å². The molecule has 0 bridgehead atoms. The minimum absolute atomic E-state index is 0.615. The Balaban J connectivity index is 1.77. The topological polar surface area (TPSA) is 71.1 Å². The summed E-state index contributed by atoms with van der Waals surface area (Å²) < 4.78 is 6.04. The zero-order valence-electron chi connectivity index (χ0n) is 16.3. The van der Waals surface area contributed by atoms with E-state index < -0.39 is 0 Å². The summed E-state index contributed by atoms with van der Waals surface area (Å²) >= 11 is 0. The van der Waals surface area contributed by atoms with Gasteiger partial charge < -0.3 is 20.7 Å². The van der Waals surface area contributed by atoms with Gasteiger partial charge in [0.2, 0.25) is 5.95 Å². The Morgan fingerprint density at radius 2 is 2.04 bits per heavy atom. The van der Waals surface area contributed by atoms with Crippen LogP contribution in [0.2, 0.25) is 0 Å². The average molecular weight is 365 g/mol. The lowest BCUT2D eigenvalue weighted by Gasteiger charge is -2.19. The molecule has 0 unspecified atom stereocenters. The Hall–Kier alpha value is -2.60. The Bertz CT molecular complexity index is 891. The van der Waals surface area contributed by atoms with E-state index in [0.717, 1.165) is 61.9 Å². The van der Waals surface area contributed by atoms with E-state index in [1.54, 1.807) is 0 Å². The van der Waals surface area contributed by atoms with Crippen LogP contribution >= 0.6 is 0 Å². The van der Waals surface area contributed by atoms with Crippen molar-refractivity contribution in [1.82, 2.24) is 15.3 Å². The molecule has 0 spiro atoms. The van der Waals surface area contributed by atoms with Crippen molar-refractivity contribution >= 4 is 23.0 Å². The Kier molecular flexibility index (Phi) is 4.99. The van der Waals surface area contributed by atoms with E-state index >= 15 is 0 Å². The smallest absolute Gasteiger partial charge is 0.229 e. The number of hydrogen-bond acceptors (Lipinski definition) is 6. The Morgan fingerprint density at radius 1 is 1.15 bits per heavy atom. The van der Waals surface area contributed by atoms with Gasteiger partial charge in [-0.25, -0.2) is 4.98 Å². The first-order valence-electron chi connectivity index (χ1n) is 9.65. The van der Waals surface area contributed by atoms with Gasteiger partial charge in [-0.2, -0.15) is 4.98 Å². The molecule has 2 aromatic rings. The minimum Gasteiger partial charge on any atom is -0.492 e. The summed E-state index contributed by atoms with van der Waals surface area (Å²) in [7, 11) is 1.87. The number of hydrogen-bond donors (Lipinski definition) is 3. The zero-order chi connectivity index (χ0) is 18.8. The van der Waals surface area contributed by atoms with E-state index in [1.165, 1.54) is 22.3 Å². The number of nitrogens with zero attached hydrogens (tertiary/aromatic N) is 2. The third-order valence-electron chi connectivity index (χ3n) is 5.20. The molecule has 3 heterocycles. The first-order valence-corrected chi connectivity index (χ1v) is 9.65. The van der Waals surface area contributed by atoms with E-state index in [1.807, 2.05) is 20.0 Å². The SMILES string of the molecule is CNc1cc(C)nc(Nc2cc3c(c(C4=CCNCCC4)c2C)OCC3)n1. The number of aryl methyl sites for hydroxylation is 1. The maximum atomic E-state index is 6.04. The van der Waals surface area contributed by atoms with Crippen molar-refractivity contribution in [3.63, 3.8) is 0 Å². The molecular weight excluding hydrogens is 338 g/mol. The molecule has 1 aromatic carbocycles. The van der Waals surface area contributed by atoms with Crippen LogP contribution in [-0.2, 0) is 6.42 Å². The zero-order valence-corrected chi connectivity index (χ0v) is 16.3. The lowest BCUT2D eigenvalue weighted by Crippen LogP contribution is -2.12. The Labute approximate surface area is 160 Å². The number of aromatic nitrogens is 2. The second-order valence-corrected chi connectivity index (χ2v) is 7.14. The summed E-state index contributed by atoms with van der Waals surface area (Å²) in [4.78, 5) is 9.10. The summed E-state index contributed by atoms with van der Waals surface area (Å²) in [6, 6.07) is 4.13. The number of fused-ring (bicyclic) bond motifs is 1. The van der Waals surface area contributed by atoms with Crippen LogP contribution in [0.5, 0.6) is 5.75 Å². The van der Waals surface area contributed by atoms with Gasteiger partial charge >= 0.3 is 0 Å². The molecule has 4 rings (SSSR count). The van der Waals surface area contributed by atoms with Gasteiger partial charge in [0.25, 0.3) is 0 Å². The normalized spacial score (nSPS) is 16.2. The number of benzene rings is 1. The molecule has 6 nitrogen and oxygen atoms in total. The van der Waals surface area contributed by atoms with E-state index in [9.17, 15) is 0 Å². The van der Waals surface area contributed by atoms with Crippen molar-refractivity contribution in [3.8, 4) is 5.75 Å². The van der Waals surface area contributed by atoms with Crippen LogP contribution in [0.25, 0.3) is 5.57 Å². The highest BCUT2D eigenvalue weighted by Crippen LogP contribution is 2.42. The van der Waals surface area contributed by atoms with Gasteiger partial charge in [-0.1, -0.05) is 6.08 Å². The van der Waals surface area contributed by atoms with E-state index in [0.29, 0.717) is 5.95 Å². The van der Waals surface area contributed by atoms with Gasteiger partial charge in [-0.05, 0) is 50.4 Å². The fourth-order valence-electron chi connectivity index (χ4n) is 3.85. The summed E-state index contributed by atoms with van der Waals surface area (Å²) in [6.45, 7) is 6.86. The molecule has 0 saturated carbocycles. The second-order valence-electron chi connectivity index (χ2n) is 7.14. The van der Waals surface area contributed by atoms with Crippen LogP contribution < -0.4 is 20.7 Å². The molecule has 2 aliphatic rings. The highest BCUT2D eigenvalue weighted by atomic mass is 16.5. The van der Waals surface area contributed by atoms with Gasteiger partial charge in [-0.3, -0.25) is 0 Å². The van der Waals surface area contributed by atoms with E-state index in [-0.39, 0.29) is 0 Å². The molecule has 27 heavy (non-hydrogen) atoms. The Morgan fingerprint density at radius 3 is 2.89 bits per heavy atom. The fourth-order valence-corrected chi connectivity index (χ4v) is 3.85. The maximum Gasteiger partial charge on any atom is 0.229 e. The third kappa shape index (κ3) is 3.62. The van der Waals surface area contributed by atoms with E-state index in [4.69, 9.17) is 4.74 Å². The average Bonchev–Trinajstić information content (AvgIpc) is 2.95. The summed E-state index contributed by atoms with van der Waals surface area (Å²) in [6.07, 6.45) is 5.46. The number of nitrogens with one attached hydrogen (secondary N) is 3. The molecule has 0 aliphatic carbocycles. The van der Waals surface area contributed by atoms with Crippen LogP contribution in [0.3, 0.4) is 0 Å². The third-order valence-corrected chi connectivity index (χ3v) is 5.20. The molecule has 0 saturated heterocycles. The summed E-state index contributed by atoms with van der Waals surface area (Å²) in [5.74, 6) is 2.49. The minimum atomic E-state index is 0.615. The van der Waals surface area contributed by atoms with Gasteiger partial charge in [0.15, 0.2) is 0 Å². The fraction of sp³-hybridized carbons (Fsp3) is 0.429. The van der Waals surface area contributed by atoms with Gasteiger partial charge in [-0.15, -0.1) is 0 Å². The standard InChI is InChI=1S/C21H27N5O/c1-13-11-18(22-3)26-21(24-13)25-17-12-16-7-10-27-20(16)19(14(17)2)15-5-4-8-23-9-6-15/h6,11-12,23H,4-5,7-10H2,1-3H3,(H2,22,24,25,26). The molecule has 0 fully saturated rings. The molecule has 1 aromatic heterocycles. The highest BCUT2D eigenvalue weighted by Gasteiger charge is 2.24. The van der Waals surface area contributed by atoms with Gasteiger partial charge in [0.1, 0.15) is 11.6 Å². The van der Waals surface area contributed by atoms with Gasteiger partial charge in [0, 0.05) is 48.6 Å². The quantitative estimate of drug-likeness (QED) is 0.769. The van der Waals surface area contributed by atoms with Crippen LogP contribution in [-0.4, -0.2) is 36.7 Å². The van der Waals surface area contributed by atoms with Crippen LogP contribution in [0.1, 0.15) is 35.2 Å². The maximum absolute atomic E-state index is 6.04. The molecule has 2 aliphatic heterocycles. The van der Waals surface area contributed by atoms with Crippen molar-refractivity contribution in [2.75, 3.05) is 37.4 Å². The van der Waals surface area contributed by atoms with Gasteiger partial charge in [0.05, 0.1) is 6.61 Å². The van der Waals surface area contributed by atoms with Crippen molar-refractivity contribution in [2.24, 2.45) is 0 Å². The van der Waals surface area contributed by atoms with Crippen molar-refractivity contribution in [2.45, 2.75) is 33.1 Å². The lowest BCUT2D eigenvalue weighted by molar-refractivity contribution is 0.355. The first kappa shape index (κ1) is 17.8. The number of allylic oxidation sites excluding steroid dienone is 1. The van der Waals surface area contributed by atoms with Crippen LogP contribution in [0.15, 0.2) is 18.2 Å². The molecule has 0 atom stereocenters. The number of ether oxygens (including phenoxy) is 1. The number of anilines is 3. The summed E-state index contributed by atoms with van der Waals surface area (Å²) in [5.41, 5.74) is 7.06. The predicted molar refractivity (Wildman–Crippen MR) is 110 cm³/mol. The molecule has 0 radical (unpaired) electrons. The first-order chi connectivity index (χ1) is 13.2. The predicted octanol–water partition coefficient (Wildman–Crippen LogP) is 3.58. The molecule has 0 amide bonds. The van der Waals surface area contributed by atoms with Crippen LogP contribution in [0, 0.1) is 13.8 Å². The molecule has 6 heteroatoms. The molecule has 3 N–H and O–H groups in total. The summed E-state index contributed by atoms with van der Waals surface area (Å²) in [5, 5.41) is 9.99. The molecular formula is C21H27N5O. The van der Waals surface area contributed by atoms with Crippen LogP contribution in [0.4, 0.5) is 17.5 Å². The van der Waals surface area contributed by atoms with Crippen molar-refractivity contribution in [1.29, 1.82) is 0 Å². The molecule has 142 valence electrons. The largest absolute Gasteiger partial charge is 0.492 e. The second kappa shape index (κ2) is 7.56. The monoisotopic (exact) mass is 365 g/mol. The van der Waals surface area contributed by atoms with Crippen molar-refractivity contribution < 1.29 is 4.74 Å². The van der Waals surface area contributed by atoms with Crippen molar-refractivity contribution in [3.05, 3.63) is 40.6 Å².